The highest BCUT2D eigenvalue weighted by Crippen LogP contribution is 2.43. The molecule has 1 aliphatic carbocycles. The molecule has 4 nitrogen and oxygen atoms in total. The number of nitro benzene ring substituents is 1. The summed E-state index contributed by atoms with van der Waals surface area (Å²) in [6.45, 7) is 0.905. The van der Waals surface area contributed by atoms with E-state index in [0.29, 0.717) is 17.6 Å². The van der Waals surface area contributed by atoms with Crippen molar-refractivity contribution in [3.63, 3.8) is 0 Å². The lowest BCUT2D eigenvalue weighted by Crippen LogP contribution is -2.42. The summed E-state index contributed by atoms with van der Waals surface area (Å²) in [6.07, 6.45) is 6.02. The maximum absolute atomic E-state index is 11.3. The van der Waals surface area contributed by atoms with E-state index in [9.17, 15) is 10.1 Å². The molecule has 1 aromatic carbocycles. The number of fused-ring (bicyclic) bond motifs is 1. The van der Waals surface area contributed by atoms with Gasteiger partial charge in [0.05, 0.1) is 4.92 Å². The van der Waals surface area contributed by atoms with Crippen LogP contribution in [0.5, 0.6) is 0 Å². The number of nitro groups is 1. The van der Waals surface area contributed by atoms with Crippen molar-refractivity contribution in [2.24, 2.45) is 5.92 Å². The molecule has 1 aromatic rings. The summed E-state index contributed by atoms with van der Waals surface area (Å²) < 4.78 is 0. The van der Waals surface area contributed by atoms with E-state index in [1.54, 1.807) is 6.07 Å². The molecule has 0 radical (unpaired) electrons. The second kappa shape index (κ2) is 5.00. The molecule has 2 atom stereocenters. The zero-order chi connectivity index (χ0) is 13.4. The van der Waals surface area contributed by atoms with Crippen molar-refractivity contribution in [3.05, 3.63) is 33.3 Å². The van der Waals surface area contributed by atoms with Crippen LogP contribution in [0, 0.1) is 16.0 Å². The Balaban J connectivity index is 2.01. The molecule has 3 rings (SSSR count). The molecule has 2 fully saturated rings. The van der Waals surface area contributed by atoms with Crippen molar-refractivity contribution < 1.29 is 4.92 Å². The van der Waals surface area contributed by atoms with Crippen LogP contribution in [-0.4, -0.2) is 17.5 Å². The fourth-order valence-corrected chi connectivity index (χ4v) is 3.91. The molecule has 0 bridgehead atoms. The SMILES string of the molecule is O=[N+]([O-])c1c(Cl)cccc1N1CCCC2CCCC21. The van der Waals surface area contributed by atoms with E-state index in [1.807, 2.05) is 12.1 Å². The third kappa shape index (κ3) is 2.18. The van der Waals surface area contributed by atoms with Gasteiger partial charge in [0.15, 0.2) is 0 Å². The first-order chi connectivity index (χ1) is 9.18. The van der Waals surface area contributed by atoms with Gasteiger partial charge >= 0.3 is 5.69 Å². The average Bonchev–Trinajstić information content (AvgIpc) is 2.85. The van der Waals surface area contributed by atoms with Gasteiger partial charge in [0.2, 0.25) is 0 Å². The largest absolute Gasteiger partial charge is 0.363 e. The molecular formula is C14H17ClN2O2. The molecule has 5 heteroatoms. The predicted molar refractivity (Wildman–Crippen MR) is 75.8 cm³/mol. The average molecular weight is 281 g/mol. The van der Waals surface area contributed by atoms with Crippen LogP contribution in [0.15, 0.2) is 18.2 Å². The number of hydrogen-bond donors (Lipinski definition) is 0. The number of piperidine rings is 1. The van der Waals surface area contributed by atoms with Crippen molar-refractivity contribution in [3.8, 4) is 0 Å². The van der Waals surface area contributed by atoms with Crippen LogP contribution in [0.2, 0.25) is 5.02 Å². The first-order valence-electron chi connectivity index (χ1n) is 6.88. The van der Waals surface area contributed by atoms with Crippen molar-refractivity contribution in [2.45, 2.75) is 38.1 Å². The van der Waals surface area contributed by atoms with Gasteiger partial charge in [-0.05, 0) is 43.7 Å². The minimum atomic E-state index is -0.351. The van der Waals surface area contributed by atoms with Gasteiger partial charge in [0, 0.05) is 12.6 Å². The summed E-state index contributed by atoms with van der Waals surface area (Å²) in [5.74, 6) is 0.701. The Morgan fingerprint density at radius 1 is 1.26 bits per heavy atom. The fourth-order valence-electron chi connectivity index (χ4n) is 3.67. The topological polar surface area (TPSA) is 46.4 Å². The van der Waals surface area contributed by atoms with E-state index in [0.717, 1.165) is 19.4 Å². The van der Waals surface area contributed by atoms with E-state index >= 15 is 0 Å². The number of anilines is 1. The van der Waals surface area contributed by atoms with E-state index in [4.69, 9.17) is 11.6 Å². The number of para-hydroxylation sites is 1. The predicted octanol–water partition coefficient (Wildman–Crippen LogP) is 4.02. The van der Waals surface area contributed by atoms with Crippen LogP contribution in [0.25, 0.3) is 0 Å². The van der Waals surface area contributed by atoms with E-state index in [2.05, 4.69) is 4.90 Å². The van der Waals surface area contributed by atoms with Crippen LogP contribution in [-0.2, 0) is 0 Å². The molecule has 0 aromatic heterocycles. The highest BCUT2D eigenvalue weighted by molar-refractivity contribution is 6.33. The molecule has 0 amide bonds. The Kier molecular flexibility index (Phi) is 3.35. The molecule has 0 N–H and O–H groups in total. The smallest absolute Gasteiger partial charge is 0.310 e. The molecule has 0 spiro atoms. The first-order valence-corrected chi connectivity index (χ1v) is 7.26. The van der Waals surface area contributed by atoms with Gasteiger partial charge in [-0.3, -0.25) is 10.1 Å². The fraction of sp³-hybridized carbons (Fsp3) is 0.571. The van der Waals surface area contributed by atoms with E-state index in [-0.39, 0.29) is 15.6 Å². The zero-order valence-corrected chi connectivity index (χ0v) is 11.5. The second-order valence-electron chi connectivity index (χ2n) is 5.46. The van der Waals surface area contributed by atoms with Gasteiger partial charge < -0.3 is 4.90 Å². The minimum Gasteiger partial charge on any atom is -0.363 e. The van der Waals surface area contributed by atoms with Crippen LogP contribution in [0.1, 0.15) is 32.1 Å². The molecule has 1 aliphatic heterocycles. The molecule has 1 saturated heterocycles. The monoisotopic (exact) mass is 280 g/mol. The molecule has 1 heterocycles. The summed E-state index contributed by atoms with van der Waals surface area (Å²) in [4.78, 5) is 13.1. The van der Waals surface area contributed by atoms with Crippen LogP contribution < -0.4 is 4.90 Å². The van der Waals surface area contributed by atoms with Gasteiger partial charge in [0.25, 0.3) is 0 Å². The molecule has 102 valence electrons. The van der Waals surface area contributed by atoms with E-state index < -0.39 is 0 Å². The number of benzene rings is 1. The van der Waals surface area contributed by atoms with Gasteiger partial charge in [0.1, 0.15) is 10.7 Å². The van der Waals surface area contributed by atoms with Crippen LogP contribution in [0.4, 0.5) is 11.4 Å². The Labute approximate surface area is 117 Å². The number of halogens is 1. The maximum atomic E-state index is 11.3. The lowest BCUT2D eigenvalue weighted by Gasteiger charge is -2.39. The summed E-state index contributed by atoms with van der Waals surface area (Å²) in [5.41, 5.74) is 0.769. The van der Waals surface area contributed by atoms with Crippen LogP contribution in [0.3, 0.4) is 0 Å². The Morgan fingerprint density at radius 2 is 2.05 bits per heavy atom. The third-order valence-corrected chi connectivity index (χ3v) is 4.76. The molecular weight excluding hydrogens is 264 g/mol. The Bertz CT molecular complexity index is 506. The van der Waals surface area contributed by atoms with Gasteiger partial charge in [-0.15, -0.1) is 0 Å². The summed E-state index contributed by atoms with van der Waals surface area (Å²) in [7, 11) is 0. The summed E-state index contributed by atoms with van der Waals surface area (Å²) >= 11 is 6.02. The van der Waals surface area contributed by atoms with Crippen molar-refractivity contribution in [1.29, 1.82) is 0 Å². The number of rotatable bonds is 2. The van der Waals surface area contributed by atoms with Crippen molar-refractivity contribution in [2.75, 3.05) is 11.4 Å². The zero-order valence-electron chi connectivity index (χ0n) is 10.7. The molecule has 2 aliphatic rings. The summed E-state index contributed by atoms with van der Waals surface area (Å²) in [6, 6.07) is 5.71. The quantitative estimate of drug-likeness (QED) is 0.607. The normalized spacial score (nSPS) is 26.3. The highest BCUT2D eigenvalue weighted by atomic mass is 35.5. The van der Waals surface area contributed by atoms with Crippen LogP contribution >= 0.6 is 11.6 Å². The first kappa shape index (κ1) is 12.7. The maximum Gasteiger partial charge on any atom is 0.310 e. The standard InChI is InChI=1S/C14H17ClN2O2/c15-11-6-2-8-13(14(11)17(18)19)16-9-3-5-10-4-1-7-12(10)16/h2,6,8,10,12H,1,3-5,7,9H2. The second-order valence-corrected chi connectivity index (χ2v) is 5.87. The molecule has 19 heavy (non-hydrogen) atoms. The number of nitrogens with zero attached hydrogens (tertiary/aromatic N) is 2. The molecule has 2 unspecified atom stereocenters. The molecule has 1 saturated carbocycles. The van der Waals surface area contributed by atoms with E-state index in [1.165, 1.54) is 19.3 Å². The Hall–Kier alpha value is -1.29. The third-order valence-electron chi connectivity index (χ3n) is 4.45. The number of hydrogen-bond acceptors (Lipinski definition) is 3. The van der Waals surface area contributed by atoms with Gasteiger partial charge in [-0.2, -0.15) is 0 Å². The minimum absolute atomic E-state index is 0.0664. The van der Waals surface area contributed by atoms with Crippen molar-refractivity contribution >= 4 is 23.0 Å². The summed E-state index contributed by atoms with van der Waals surface area (Å²) in [5, 5.41) is 11.5. The van der Waals surface area contributed by atoms with Gasteiger partial charge in [-0.1, -0.05) is 24.1 Å². The lowest BCUT2D eigenvalue weighted by atomic mass is 9.91. The van der Waals surface area contributed by atoms with Gasteiger partial charge in [-0.25, -0.2) is 0 Å². The van der Waals surface area contributed by atoms with Crippen molar-refractivity contribution in [1.82, 2.24) is 0 Å². The Morgan fingerprint density at radius 3 is 2.84 bits per heavy atom. The lowest BCUT2D eigenvalue weighted by molar-refractivity contribution is -0.384. The highest BCUT2D eigenvalue weighted by Gasteiger charge is 2.37.